The Hall–Kier alpha value is -2.78. The molecule has 0 aromatic heterocycles. The number of nitrogens with one attached hydrogen (secondary N) is 1. The first-order valence-corrected chi connectivity index (χ1v) is 7.76. The molecule has 0 fully saturated rings. The Balaban J connectivity index is 2.02. The number of terminal acetylenes is 1. The van der Waals surface area contributed by atoms with Crippen LogP contribution >= 0.6 is 15.9 Å². The van der Waals surface area contributed by atoms with Crippen molar-refractivity contribution < 1.29 is 14.3 Å². The molecule has 1 amide bonds. The molecule has 0 aliphatic carbocycles. The number of carbonyl (C=O) groups is 1. The van der Waals surface area contributed by atoms with E-state index in [0.717, 1.165) is 10.0 Å². The average Bonchev–Trinajstić information content (AvgIpc) is 2.62. The highest BCUT2D eigenvalue weighted by atomic mass is 79.9. The van der Waals surface area contributed by atoms with Gasteiger partial charge in [-0.25, -0.2) is 5.43 Å². The van der Waals surface area contributed by atoms with Gasteiger partial charge in [-0.3, -0.25) is 4.79 Å². The largest absolute Gasteiger partial charge is 0.497 e. The molecule has 0 spiro atoms. The van der Waals surface area contributed by atoms with Crippen molar-refractivity contribution in [3.8, 4) is 23.8 Å². The third-order valence-electron chi connectivity index (χ3n) is 3.01. The van der Waals surface area contributed by atoms with Crippen LogP contribution in [0.4, 0.5) is 0 Å². The number of amides is 1. The first kappa shape index (κ1) is 17.6. The van der Waals surface area contributed by atoms with Gasteiger partial charge in [0.25, 0.3) is 5.91 Å². The van der Waals surface area contributed by atoms with E-state index in [2.05, 4.69) is 32.4 Å². The monoisotopic (exact) mass is 386 g/mol. The second-order valence-electron chi connectivity index (χ2n) is 4.60. The van der Waals surface area contributed by atoms with Crippen LogP contribution in [0, 0.1) is 12.3 Å². The van der Waals surface area contributed by atoms with E-state index in [-0.39, 0.29) is 12.5 Å². The molecule has 6 heteroatoms. The Bertz CT molecular complexity index is 780. The summed E-state index contributed by atoms with van der Waals surface area (Å²) in [6.07, 6.45) is 6.69. The van der Waals surface area contributed by atoms with E-state index in [0.29, 0.717) is 17.1 Å². The SMILES string of the molecule is C#CCOc1ccc(Br)c(/C=N\NC(=O)c2ccc(OC)cc2)c1. The van der Waals surface area contributed by atoms with Gasteiger partial charge in [0, 0.05) is 15.6 Å². The number of halogens is 1. The molecule has 0 bridgehead atoms. The van der Waals surface area contributed by atoms with E-state index in [1.54, 1.807) is 43.5 Å². The molecule has 24 heavy (non-hydrogen) atoms. The molecule has 2 aromatic rings. The van der Waals surface area contributed by atoms with Gasteiger partial charge in [-0.2, -0.15) is 5.10 Å². The molecule has 0 aliphatic rings. The Morgan fingerprint density at radius 3 is 2.67 bits per heavy atom. The third kappa shape index (κ3) is 4.86. The molecular weight excluding hydrogens is 372 g/mol. The zero-order valence-electron chi connectivity index (χ0n) is 13.0. The number of benzene rings is 2. The molecule has 122 valence electrons. The Kier molecular flexibility index (Phi) is 6.41. The fourth-order valence-corrected chi connectivity index (χ4v) is 2.15. The van der Waals surface area contributed by atoms with Crippen LogP contribution in [0.5, 0.6) is 11.5 Å². The van der Waals surface area contributed by atoms with Crippen LogP contribution in [0.2, 0.25) is 0 Å². The molecule has 0 heterocycles. The topological polar surface area (TPSA) is 59.9 Å². The van der Waals surface area contributed by atoms with Crippen LogP contribution in [0.3, 0.4) is 0 Å². The van der Waals surface area contributed by atoms with E-state index in [4.69, 9.17) is 15.9 Å². The standard InChI is InChI=1S/C18H15BrN2O3/c1-3-10-24-16-8-9-17(19)14(11-16)12-20-21-18(22)13-4-6-15(23-2)7-5-13/h1,4-9,11-12H,10H2,2H3,(H,21,22)/b20-12-. The summed E-state index contributed by atoms with van der Waals surface area (Å²) in [6.45, 7) is 0.187. The lowest BCUT2D eigenvalue weighted by molar-refractivity contribution is 0.0955. The lowest BCUT2D eigenvalue weighted by Crippen LogP contribution is -2.17. The summed E-state index contributed by atoms with van der Waals surface area (Å²) in [7, 11) is 1.57. The summed E-state index contributed by atoms with van der Waals surface area (Å²) < 4.78 is 11.2. The maximum Gasteiger partial charge on any atom is 0.271 e. The second kappa shape index (κ2) is 8.75. The van der Waals surface area contributed by atoms with E-state index < -0.39 is 0 Å². The average molecular weight is 387 g/mol. The number of nitrogens with zero attached hydrogens (tertiary/aromatic N) is 1. The van der Waals surface area contributed by atoms with Crippen LogP contribution in [0.15, 0.2) is 52.0 Å². The van der Waals surface area contributed by atoms with Gasteiger partial charge in [-0.1, -0.05) is 21.9 Å². The van der Waals surface area contributed by atoms with E-state index in [1.165, 1.54) is 6.21 Å². The summed E-state index contributed by atoms with van der Waals surface area (Å²) in [5.41, 5.74) is 3.70. The number of carbonyl (C=O) groups excluding carboxylic acids is 1. The maximum atomic E-state index is 12.0. The van der Waals surface area contributed by atoms with Gasteiger partial charge >= 0.3 is 0 Å². The van der Waals surface area contributed by atoms with Gasteiger partial charge in [0.15, 0.2) is 0 Å². The minimum absolute atomic E-state index is 0.187. The zero-order chi connectivity index (χ0) is 17.4. The highest BCUT2D eigenvalue weighted by molar-refractivity contribution is 9.10. The quantitative estimate of drug-likeness (QED) is 0.470. The van der Waals surface area contributed by atoms with Gasteiger partial charge in [-0.05, 0) is 42.5 Å². The van der Waals surface area contributed by atoms with Crippen LogP contribution in [-0.2, 0) is 0 Å². The van der Waals surface area contributed by atoms with Crippen molar-refractivity contribution >= 4 is 28.1 Å². The molecule has 0 saturated carbocycles. The summed E-state index contributed by atoms with van der Waals surface area (Å²) in [4.78, 5) is 12.0. The van der Waals surface area contributed by atoms with E-state index >= 15 is 0 Å². The smallest absolute Gasteiger partial charge is 0.271 e. The fourth-order valence-electron chi connectivity index (χ4n) is 1.80. The van der Waals surface area contributed by atoms with Gasteiger partial charge < -0.3 is 9.47 Å². The number of hydrogen-bond donors (Lipinski definition) is 1. The molecule has 0 atom stereocenters. The molecule has 2 aromatic carbocycles. The van der Waals surface area contributed by atoms with Crippen LogP contribution in [0.25, 0.3) is 0 Å². The lowest BCUT2D eigenvalue weighted by atomic mass is 10.2. The van der Waals surface area contributed by atoms with Crippen molar-refractivity contribution in [1.29, 1.82) is 0 Å². The van der Waals surface area contributed by atoms with Gasteiger partial charge in [0.1, 0.15) is 18.1 Å². The minimum atomic E-state index is -0.315. The predicted molar refractivity (Wildman–Crippen MR) is 96.5 cm³/mol. The van der Waals surface area contributed by atoms with Crippen LogP contribution < -0.4 is 14.9 Å². The summed E-state index contributed by atoms with van der Waals surface area (Å²) in [5.74, 6) is 3.39. The molecule has 0 saturated heterocycles. The van der Waals surface area contributed by atoms with Crippen molar-refractivity contribution in [2.45, 2.75) is 0 Å². The molecule has 2 rings (SSSR count). The molecule has 0 radical (unpaired) electrons. The van der Waals surface area contributed by atoms with Crippen molar-refractivity contribution in [3.63, 3.8) is 0 Å². The number of ether oxygens (including phenoxy) is 2. The molecule has 5 nitrogen and oxygen atoms in total. The highest BCUT2D eigenvalue weighted by Gasteiger charge is 2.04. The number of hydrogen-bond acceptors (Lipinski definition) is 4. The van der Waals surface area contributed by atoms with Crippen molar-refractivity contribution in [2.24, 2.45) is 5.10 Å². The fraction of sp³-hybridized carbons (Fsp3) is 0.111. The van der Waals surface area contributed by atoms with Crippen LogP contribution in [-0.4, -0.2) is 25.8 Å². The van der Waals surface area contributed by atoms with Gasteiger partial charge in [-0.15, -0.1) is 6.42 Å². The summed E-state index contributed by atoms with van der Waals surface area (Å²) in [6, 6.07) is 12.1. The Morgan fingerprint density at radius 1 is 1.29 bits per heavy atom. The second-order valence-corrected chi connectivity index (χ2v) is 5.46. The third-order valence-corrected chi connectivity index (χ3v) is 3.73. The highest BCUT2D eigenvalue weighted by Crippen LogP contribution is 2.21. The van der Waals surface area contributed by atoms with E-state index in [9.17, 15) is 4.79 Å². The lowest BCUT2D eigenvalue weighted by Gasteiger charge is -2.05. The predicted octanol–water partition coefficient (Wildman–Crippen LogP) is 3.23. The molecular formula is C18H15BrN2O3. The van der Waals surface area contributed by atoms with Crippen LogP contribution in [0.1, 0.15) is 15.9 Å². The van der Waals surface area contributed by atoms with Gasteiger partial charge in [0.2, 0.25) is 0 Å². The van der Waals surface area contributed by atoms with E-state index in [1.807, 2.05) is 6.07 Å². The number of methoxy groups -OCH3 is 1. The first-order valence-electron chi connectivity index (χ1n) is 6.97. The molecule has 0 unspecified atom stereocenters. The first-order chi connectivity index (χ1) is 11.6. The zero-order valence-corrected chi connectivity index (χ0v) is 14.5. The van der Waals surface area contributed by atoms with Crippen molar-refractivity contribution in [3.05, 3.63) is 58.1 Å². The Morgan fingerprint density at radius 2 is 2.00 bits per heavy atom. The van der Waals surface area contributed by atoms with Gasteiger partial charge in [0.05, 0.1) is 13.3 Å². The molecule has 0 aliphatic heterocycles. The summed E-state index contributed by atoms with van der Waals surface area (Å²) in [5, 5.41) is 3.96. The van der Waals surface area contributed by atoms with Crippen molar-refractivity contribution in [1.82, 2.24) is 5.43 Å². The Labute approximate surface area is 148 Å². The number of rotatable bonds is 6. The number of hydrazone groups is 1. The minimum Gasteiger partial charge on any atom is -0.497 e. The molecule has 1 N–H and O–H groups in total. The normalized spacial score (nSPS) is 10.2. The summed E-state index contributed by atoms with van der Waals surface area (Å²) >= 11 is 3.41. The maximum absolute atomic E-state index is 12.0. The van der Waals surface area contributed by atoms with Crippen molar-refractivity contribution in [2.75, 3.05) is 13.7 Å².